The summed E-state index contributed by atoms with van der Waals surface area (Å²) < 4.78 is 21.7. The van der Waals surface area contributed by atoms with E-state index in [2.05, 4.69) is 10.2 Å². The zero-order valence-corrected chi connectivity index (χ0v) is 33.4. The van der Waals surface area contributed by atoms with E-state index in [1.54, 1.807) is 72.8 Å². The molecular formula is C43H49ClN2O13. The van der Waals surface area contributed by atoms with E-state index in [4.69, 9.17) is 30.5 Å². The van der Waals surface area contributed by atoms with Gasteiger partial charge in [-0.2, -0.15) is 0 Å². The molecule has 0 bridgehead atoms. The molecule has 4 N–H and O–H groups in total. The van der Waals surface area contributed by atoms with Crippen LogP contribution in [0.25, 0.3) is 6.08 Å². The molecule has 0 saturated heterocycles. The highest BCUT2D eigenvalue weighted by Crippen LogP contribution is 2.36. The summed E-state index contributed by atoms with van der Waals surface area (Å²) in [5.41, 5.74) is 1.83. The van der Waals surface area contributed by atoms with Crippen molar-refractivity contribution < 1.29 is 58.6 Å². The van der Waals surface area contributed by atoms with Gasteiger partial charge in [-0.3, -0.25) is 4.79 Å². The average Bonchev–Trinajstić information content (AvgIpc) is 3.49. The molecule has 3 aromatic carbocycles. The van der Waals surface area contributed by atoms with Crippen LogP contribution in [0.3, 0.4) is 0 Å². The third kappa shape index (κ3) is 15.9. The van der Waals surface area contributed by atoms with Crippen molar-refractivity contribution in [3.05, 3.63) is 129 Å². The van der Waals surface area contributed by atoms with E-state index >= 15 is 0 Å². The van der Waals surface area contributed by atoms with Gasteiger partial charge in [-0.15, -0.1) is 10.1 Å². The van der Waals surface area contributed by atoms with Crippen molar-refractivity contribution in [2.75, 3.05) is 13.7 Å². The molecule has 0 aromatic heterocycles. The van der Waals surface area contributed by atoms with Crippen molar-refractivity contribution in [3.8, 4) is 17.2 Å². The lowest BCUT2D eigenvalue weighted by atomic mass is 9.89. The topological polar surface area (TPSA) is 213 Å². The van der Waals surface area contributed by atoms with Crippen molar-refractivity contribution >= 4 is 35.5 Å². The van der Waals surface area contributed by atoms with Crippen LogP contribution >= 0.6 is 11.6 Å². The lowest BCUT2D eigenvalue weighted by Crippen LogP contribution is -2.40. The number of halogens is 1. The Morgan fingerprint density at radius 3 is 2.46 bits per heavy atom. The van der Waals surface area contributed by atoms with E-state index in [1.807, 2.05) is 12.2 Å². The Kier molecular flexibility index (Phi) is 18.4. The number of nitrogens with zero attached hydrogens (tertiary/aromatic N) is 1. The number of amides is 1. The zero-order valence-electron chi connectivity index (χ0n) is 32.7. The molecule has 1 saturated carbocycles. The van der Waals surface area contributed by atoms with Crippen molar-refractivity contribution in [2.45, 2.75) is 76.6 Å². The normalized spacial score (nSPS) is 18.7. The molecule has 316 valence electrons. The Morgan fingerprint density at radius 1 is 1.00 bits per heavy atom. The molecule has 4 rings (SSSR count). The molecule has 6 atom stereocenters. The van der Waals surface area contributed by atoms with Crippen molar-refractivity contribution in [3.63, 3.8) is 0 Å². The van der Waals surface area contributed by atoms with Crippen LogP contribution in [-0.4, -0.2) is 76.3 Å². The van der Waals surface area contributed by atoms with Gasteiger partial charge in [0, 0.05) is 29.9 Å². The minimum Gasteiger partial charge on any atom is -0.493 e. The summed E-state index contributed by atoms with van der Waals surface area (Å²) in [6.07, 6.45) is 9.42. The molecule has 1 unspecified atom stereocenters. The van der Waals surface area contributed by atoms with Gasteiger partial charge < -0.3 is 44.4 Å². The first-order valence-corrected chi connectivity index (χ1v) is 19.3. The minimum atomic E-state index is -0.954. The second-order valence-electron chi connectivity index (χ2n) is 13.8. The summed E-state index contributed by atoms with van der Waals surface area (Å²) >= 11 is 5.97. The first kappa shape index (κ1) is 46.0. The molecule has 16 heteroatoms. The number of allylic oxidation sites excluding steroid dienone is 2. The highest BCUT2D eigenvalue weighted by molar-refractivity contribution is 6.30. The summed E-state index contributed by atoms with van der Waals surface area (Å²) in [4.78, 5) is 52.3. The summed E-state index contributed by atoms with van der Waals surface area (Å²) in [5, 5.41) is 44.1. The fourth-order valence-corrected chi connectivity index (χ4v) is 6.36. The summed E-state index contributed by atoms with van der Waals surface area (Å²) in [6.45, 7) is 1.31. The second kappa shape index (κ2) is 23.6. The van der Waals surface area contributed by atoms with Gasteiger partial charge in [-0.05, 0) is 85.2 Å². The van der Waals surface area contributed by atoms with E-state index in [1.165, 1.54) is 32.3 Å². The lowest BCUT2D eigenvalue weighted by molar-refractivity contribution is -0.763. The Hall–Kier alpha value is -5.74. The molecule has 59 heavy (non-hydrogen) atoms. The van der Waals surface area contributed by atoms with Gasteiger partial charge in [0.15, 0.2) is 11.5 Å². The van der Waals surface area contributed by atoms with Gasteiger partial charge in [-0.1, -0.05) is 72.3 Å². The van der Waals surface area contributed by atoms with E-state index in [-0.39, 0.29) is 61.9 Å². The standard InChI is InChI=1S/C43H49ClN2O13/c1-28(43(52)59-39-20-16-29(22-40(39)55-2)17-21-42(51)57-25-30-12-14-31(15-13-30)26-58-46(53)54)45-41(50)11-6-4-3-5-10-35-36(38(49)24-37(35)48)19-18-33(47)27-56-34-9-7-8-32(44)23-34/h3,5,7-9,12-23,28,33,35-38,47-49H,4,6,10-11,24-27H2,1-2H3,(H,45,50)/t28?,33-,35-,36-,37+,38-/m1/s1. The van der Waals surface area contributed by atoms with Crippen LogP contribution in [0.5, 0.6) is 17.2 Å². The molecule has 3 aromatic rings. The maximum Gasteiger partial charge on any atom is 0.333 e. The Bertz CT molecular complexity index is 1950. The molecule has 1 fully saturated rings. The number of hydrogen-bond donors (Lipinski definition) is 4. The third-order valence-corrected chi connectivity index (χ3v) is 9.55. The predicted octanol–water partition coefficient (Wildman–Crippen LogP) is 5.69. The van der Waals surface area contributed by atoms with Crippen LogP contribution in [0, 0.1) is 22.0 Å². The molecule has 15 nitrogen and oxygen atoms in total. The number of carbonyl (C=O) groups is 3. The number of aliphatic hydroxyl groups is 3. The summed E-state index contributed by atoms with van der Waals surface area (Å²) in [5.74, 6) is -1.39. The minimum absolute atomic E-state index is 0.00154. The summed E-state index contributed by atoms with van der Waals surface area (Å²) in [7, 11) is 1.39. The van der Waals surface area contributed by atoms with Crippen molar-refractivity contribution in [1.82, 2.24) is 5.32 Å². The first-order valence-electron chi connectivity index (χ1n) is 19.0. The highest BCUT2D eigenvalue weighted by atomic mass is 35.5. The van der Waals surface area contributed by atoms with Gasteiger partial charge in [-0.25, -0.2) is 9.59 Å². The predicted molar refractivity (Wildman–Crippen MR) is 217 cm³/mol. The number of nitrogens with one attached hydrogen (secondary N) is 1. The number of hydrogen-bond acceptors (Lipinski definition) is 13. The van der Waals surface area contributed by atoms with Crippen LogP contribution in [0.1, 0.15) is 55.7 Å². The second-order valence-corrected chi connectivity index (χ2v) is 14.2. The van der Waals surface area contributed by atoms with E-state index in [9.17, 15) is 39.8 Å². The Morgan fingerprint density at radius 2 is 1.75 bits per heavy atom. The smallest absolute Gasteiger partial charge is 0.333 e. The van der Waals surface area contributed by atoms with Crippen molar-refractivity contribution in [2.24, 2.45) is 11.8 Å². The quantitative estimate of drug-likeness (QED) is 0.0182. The van der Waals surface area contributed by atoms with E-state index in [0.29, 0.717) is 46.7 Å². The maximum atomic E-state index is 12.8. The number of carbonyl (C=O) groups excluding carboxylic acids is 3. The number of unbranched alkanes of at least 4 members (excludes halogenated alkanes) is 1. The maximum absolute atomic E-state index is 12.8. The van der Waals surface area contributed by atoms with Gasteiger partial charge >= 0.3 is 11.9 Å². The Balaban J connectivity index is 1.15. The molecular weight excluding hydrogens is 788 g/mol. The van der Waals surface area contributed by atoms with Crippen LogP contribution in [0.2, 0.25) is 5.02 Å². The molecule has 1 aliphatic carbocycles. The Labute approximate surface area is 346 Å². The van der Waals surface area contributed by atoms with Crippen molar-refractivity contribution in [1.29, 1.82) is 0 Å². The molecule has 0 radical (unpaired) electrons. The molecule has 1 aliphatic rings. The highest BCUT2D eigenvalue weighted by Gasteiger charge is 2.39. The first-order chi connectivity index (χ1) is 28.3. The van der Waals surface area contributed by atoms with Crippen LogP contribution in [-0.2, 0) is 37.2 Å². The molecule has 0 heterocycles. The van der Waals surface area contributed by atoms with E-state index in [0.717, 1.165) is 0 Å². The van der Waals surface area contributed by atoms with Crippen LogP contribution in [0.15, 0.2) is 97.1 Å². The lowest BCUT2D eigenvalue weighted by Gasteiger charge is -2.19. The molecule has 1 amide bonds. The fourth-order valence-electron chi connectivity index (χ4n) is 6.18. The van der Waals surface area contributed by atoms with Gasteiger partial charge in [0.2, 0.25) is 5.91 Å². The zero-order chi connectivity index (χ0) is 42.7. The van der Waals surface area contributed by atoms with Gasteiger partial charge in [0.1, 0.15) is 37.7 Å². The number of ether oxygens (including phenoxy) is 4. The van der Waals surface area contributed by atoms with E-state index < -0.39 is 41.4 Å². The molecule has 0 aliphatic heterocycles. The average molecular weight is 837 g/mol. The fraction of sp³-hybridized carbons (Fsp3) is 0.372. The monoisotopic (exact) mass is 836 g/mol. The van der Waals surface area contributed by atoms with Gasteiger partial charge in [0.25, 0.3) is 5.09 Å². The number of methoxy groups -OCH3 is 1. The molecule has 0 spiro atoms. The number of aliphatic hydroxyl groups excluding tert-OH is 3. The largest absolute Gasteiger partial charge is 0.493 e. The van der Waals surface area contributed by atoms with Gasteiger partial charge in [0.05, 0.1) is 19.3 Å². The third-order valence-electron chi connectivity index (χ3n) is 9.32. The number of rotatable bonds is 22. The summed E-state index contributed by atoms with van der Waals surface area (Å²) in [6, 6.07) is 17.1. The van der Waals surface area contributed by atoms with Crippen LogP contribution < -0.4 is 19.5 Å². The SMILES string of the molecule is COc1cc(C=CC(=O)OCc2ccc(CO[N+](=O)[O-])cc2)ccc1OC(=O)C(C)NC(=O)CCCC=CC[C@@H]1[C@@H](C=C[C@@H](O)COc2cccc(Cl)c2)[C@H](O)C[C@@H]1O. The number of esters is 2. The number of benzene rings is 3. The van der Waals surface area contributed by atoms with Crippen LogP contribution in [0.4, 0.5) is 0 Å².